The Hall–Kier alpha value is -2.01. The summed E-state index contributed by atoms with van der Waals surface area (Å²) in [4.78, 5) is 18.8. The number of pyridine rings is 1. The Morgan fingerprint density at radius 2 is 2.15 bits per heavy atom. The van der Waals surface area contributed by atoms with Crippen molar-refractivity contribution in [2.75, 3.05) is 24.3 Å². The molecule has 0 saturated heterocycles. The van der Waals surface area contributed by atoms with Gasteiger partial charge in [-0.15, -0.1) is 11.8 Å². The Kier molecular flexibility index (Phi) is 3.60. The SMILES string of the molecule is CSc1ncccc1C(=O)N1CCOc2ccccc21. The standard InChI is InChI=1S/C15H14N2O2S/c1-20-14-11(5-4-8-16-14)15(18)17-9-10-19-13-7-3-2-6-12(13)17/h2-8H,9-10H2,1H3. The second kappa shape index (κ2) is 5.54. The van der Waals surface area contributed by atoms with E-state index in [-0.39, 0.29) is 5.91 Å². The molecule has 0 atom stereocenters. The van der Waals surface area contributed by atoms with E-state index in [1.807, 2.05) is 36.6 Å². The molecule has 1 aliphatic heterocycles. The average molecular weight is 286 g/mol. The lowest BCUT2D eigenvalue weighted by Crippen LogP contribution is -2.38. The fraction of sp³-hybridized carbons (Fsp3) is 0.200. The molecular weight excluding hydrogens is 272 g/mol. The van der Waals surface area contributed by atoms with E-state index in [1.165, 1.54) is 11.8 Å². The molecule has 102 valence electrons. The average Bonchev–Trinajstić information content (AvgIpc) is 2.53. The quantitative estimate of drug-likeness (QED) is 0.796. The minimum atomic E-state index is -0.0294. The van der Waals surface area contributed by atoms with Gasteiger partial charge in [-0.05, 0) is 30.5 Å². The first-order valence-corrected chi connectivity index (χ1v) is 7.56. The highest BCUT2D eigenvalue weighted by Crippen LogP contribution is 2.32. The molecule has 2 aromatic rings. The number of fused-ring (bicyclic) bond motifs is 1. The first kappa shape index (κ1) is 13.0. The summed E-state index contributed by atoms with van der Waals surface area (Å²) in [6.07, 6.45) is 3.63. The largest absolute Gasteiger partial charge is 0.490 e. The van der Waals surface area contributed by atoms with Crippen molar-refractivity contribution in [3.63, 3.8) is 0 Å². The highest BCUT2D eigenvalue weighted by Gasteiger charge is 2.25. The van der Waals surface area contributed by atoms with E-state index < -0.39 is 0 Å². The fourth-order valence-corrected chi connectivity index (χ4v) is 2.78. The van der Waals surface area contributed by atoms with E-state index in [4.69, 9.17) is 4.74 Å². The molecule has 0 spiro atoms. The van der Waals surface area contributed by atoms with Gasteiger partial charge in [0.15, 0.2) is 0 Å². The van der Waals surface area contributed by atoms with Gasteiger partial charge in [0.2, 0.25) is 0 Å². The third kappa shape index (κ3) is 2.25. The second-order valence-electron chi connectivity index (χ2n) is 4.33. The predicted molar refractivity (Wildman–Crippen MR) is 79.6 cm³/mol. The Morgan fingerprint density at radius 3 is 3.00 bits per heavy atom. The monoisotopic (exact) mass is 286 g/mol. The van der Waals surface area contributed by atoms with Gasteiger partial charge in [0.1, 0.15) is 17.4 Å². The molecule has 1 aromatic heterocycles. The van der Waals surface area contributed by atoms with E-state index in [9.17, 15) is 4.79 Å². The first-order chi connectivity index (χ1) is 9.81. The number of thioether (sulfide) groups is 1. The van der Waals surface area contributed by atoms with Crippen LogP contribution in [0.3, 0.4) is 0 Å². The van der Waals surface area contributed by atoms with E-state index >= 15 is 0 Å². The van der Waals surface area contributed by atoms with Crippen molar-refractivity contribution < 1.29 is 9.53 Å². The van der Waals surface area contributed by atoms with Gasteiger partial charge >= 0.3 is 0 Å². The molecule has 0 N–H and O–H groups in total. The van der Waals surface area contributed by atoms with Crippen LogP contribution in [0.1, 0.15) is 10.4 Å². The zero-order valence-electron chi connectivity index (χ0n) is 11.1. The van der Waals surface area contributed by atoms with Crippen LogP contribution in [0.15, 0.2) is 47.6 Å². The van der Waals surface area contributed by atoms with Crippen LogP contribution < -0.4 is 9.64 Å². The number of anilines is 1. The fourth-order valence-electron chi connectivity index (χ4n) is 2.24. The summed E-state index contributed by atoms with van der Waals surface area (Å²) in [5.74, 6) is 0.722. The molecule has 1 aliphatic rings. The summed E-state index contributed by atoms with van der Waals surface area (Å²) in [6, 6.07) is 11.2. The van der Waals surface area contributed by atoms with Crippen molar-refractivity contribution in [1.82, 2.24) is 4.98 Å². The van der Waals surface area contributed by atoms with Crippen molar-refractivity contribution in [3.8, 4) is 5.75 Å². The van der Waals surface area contributed by atoms with Crippen LogP contribution in [-0.4, -0.2) is 30.3 Å². The second-order valence-corrected chi connectivity index (χ2v) is 5.13. The Morgan fingerprint density at radius 1 is 1.30 bits per heavy atom. The number of hydrogen-bond donors (Lipinski definition) is 0. The minimum Gasteiger partial charge on any atom is -0.490 e. The zero-order chi connectivity index (χ0) is 13.9. The summed E-state index contributed by atoms with van der Waals surface area (Å²) >= 11 is 1.48. The molecule has 0 saturated carbocycles. The summed E-state index contributed by atoms with van der Waals surface area (Å²) < 4.78 is 5.58. The molecule has 1 aromatic carbocycles. The number of benzene rings is 1. The summed E-state index contributed by atoms with van der Waals surface area (Å²) in [5.41, 5.74) is 1.45. The Labute approximate surface area is 121 Å². The van der Waals surface area contributed by atoms with Crippen molar-refractivity contribution >= 4 is 23.4 Å². The molecule has 0 radical (unpaired) electrons. The zero-order valence-corrected chi connectivity index (χ0v) is 11.9. The van der Waals surface area contributed by atoms with Crippen molar-refractivity contribution in [1.29, 1.82) is 0 Å². The number of ether oxygens (including phenoxy) is 1. The molecule has 4 nitrogen and oxygen atoms in total. The Balaban J connectivity index is 2.00. The van der Waals surface area contributed by atoms with Crippen LogP contribution in [0, 0.1) is 0 Å². The van der Waals surface area contributed by atoms with Crippen LogP contribution in [-0.2, 0) is 0 Å². The normalized spacial score (nSPS) is 13.6. The number of rotatable bonds is 2. The van der Waals surface area contributed by atoms with Gasteiger partial charge in [-0.1, -0.05) is 12.1 Å². The third-order valence-electron chi connectivity index (χ3n) is 3.17. The number of carbonyl (C=O) groups is 1. The van der Waals surface area contributed by atoms with Crippen molar-refractivity contribution in [2.45, 2.75) is 5.03 Å². The van der Waals surface area contributed by atoms with E-state index in [0.29, 0.717) is 18.7 Å². The van der Waals surface area contributed by atoms with Gasteiger partial charge in [0.25, 0.3) is 5.91 Å². The van der Waals surface area contributed by atoms with E-state index in [1.54, 1.807) is 17.2 Å². The van der Waals surface area contributed by atoms with E-state index in [2.05, 4.69) is 4.98 Å². The lowest BCUT2D eigenvalue weighted by atomic mass is 10.2. The van der Waals surface area contributed by atoms with Crippen LogP contribution in [0.2, 0.25) is 0 Å². The maximum atomic E-state index is 12.8. The number of amides is 1. The molecule has 0 unspecified atom stereocenters. The number of carbonyl (C=O) groups excluding carboxylic acids is 1. The topological polar surface area (TPSA) is 42.4 Å². The van der Waals surface area contributed by atoms with Crippen LogP contribution in [0.25, 0.3) is 0 Å². The first-order valence-electron chi connectivity index (χ1n) is 6.34. The van der Waals surface area contributed by atoms with Crippen molar-refractivity contribution in [2.24, 2.45) is 0 Å². The lowest BCUT2D eigenvalue weighted by molar-refractivity contribution is 0.0973. The summed E-state index contributed by atoms with van der Waals surface area (Å²) in [7, 11) is 0. The summed E-state index contributed by atoms with van der Waals surface area (Å²) in [5, 5.41) is 0.751. The highest BCUT2D eigenvalue weighted by molar-refractivity contribution is 7.98. The molecule has 3 rings (SSSR count). The maximum Gasteiger partial charge on any atom is 0.261 e. The molecule has 5 heteroatoms. The molecule has 0 aliphatic carbocycles. The molecule has 1 amide bonds. The smallest absolute Gasteiger partial charge is 0.261 e. The van der Waals surface area contributed by atoms with Gasteiger partial charge in [-0.3, -0.25) is 4.79 Å². The number of hydrogen-bond acceptors (Lipinski definition) is 4. The van der Waals surface area contributed by atoms with Gasteiger partial charge in [0.05, 0.1) is 17.8 Å². The minimum absolute atomic E-state index is 0.0294. The lowest BCUT2D eigenvalue weighted by Gasteiger charge is -2.29. The van der Waals surface area contributed by atoms with Gasteiger partial charge < -0.3 is 9.64 Å². The van der Waals surface area contributed by atoms with Crippen molar-refractivity contribution in [3.05, 3.63) is 48.2 Å². The number of nitrogens with zero attached hydrogens (tertiary/aromatic N) is 2. The molecule has 2 heterocycles. The van der Waals surface area contributed by atoms with Gasteiger partial charge in [-0.25, -0.2) is 4.98 Å². The van der Waals surface area contributed by atoms with Gasteiger partial charge in [0, 0.05) is 6.20 Å². The predicted octanol–water partition coefficient (Wildman–Crippen LogP) is 2.84. The molecule has 0 bridgehead atoms. The third-order valence-corrected chi connectivity index (χ3v) is 3.88. The van der Waals surface area contributed by atoms with Crippen LogP contribution in [0.5, 0.6) is 5.75 Å². The molecule has 0 fully saturated rings. The highest BCUT2D eigenvalue weighted by atomic mass is 32.2. The van der Waals surface area contributed by atoms with Crippen LogP contribution >= 0.6 is 11.8 Å². The molecular formula is C15H14N2O2S. The van der Waals surface area contributed by atoms with Gasteiger partial charge in [-0.2, -0.15) is 0 Å². The Bertz CT molecular complexity index is 645. The number of aromatic nitrogens is 1. The van der Waals surface area contributed by atoms with Crippen LogP contribution in [0.4, 0.5) is 5.69 Å². The summed E-state index contributed by atoms with van der Waals surface area (Å²) in [6.45, 7) is 1.07. The van der Waals surface area contributed by atoms with E-state index in [0.717, 1.165) is 16.5 Å². The molecule has 20 heavy (non-hydrogen) atoms. The number of para-hydroxylation sites is 2. The maximum absolute atomic E-state index is 12.8.